The van der Waals surface area contributed by atoms with Crippen LogP contribution < -0.4 is 20.2 Å². The summed E-state index contributed by atoms with van der Waals surface area (Å²) in [5.74, 6) is -2.92. The monoisotopic (exact) mass is 536 g/mol. The molecule has 1 fully saturated rings. The molecule has 2 aromatic carbocycles. The lowest BCUT2D eigenvalue weighted by Gasteiger charge is -2.30. The van der Waals surface area contributed by atoms with Crippen molar-refractivity contribution < 1.29 is 37.4 Å². The molecule has 0 unspecified atom stereocenters. The van der Waals surface area contributed by atoms with Gasteiger partial charge in [-0.25, -0.2) is 13.6 Å². The van der Waals surface area contributed by atoms with Crippen LogP contribution >= 0.6 is 0 Å². The zero-order valence-corrected chi connectivity index (χ0v) is 20.6. The summed E-state index contributed by atoms with van der Waals surface area (Å²) >= 11 is 0. The van der Waals surface area contributed by atoms with Gasteiger partial charge in [-0.3, -0.25) is 9.59 Å². The third-order valence-electron chi connectivity index (χ3n) is 7.07. The molecular weight excluding hydrogens is 514 g/mol. The van der Waals surface area contributed by atoms with Gasteiger partial charge in [0.2, 0.25) is 5.43 Å². The van der Waals surface area contributed by atoms with Gasteiger partial charge in [-0.1, -0.05) is 12.1 Å². The Morgan fingerprint density at radius 1 is 1.18 bits per heavy atom. The summed E-state index contributed by atoms with van der Waals surface area (Å²) in [4.78, 5) is 37.6. The number of carbonyl (C=O) groups excluding carboxylic acids is 1. The third kappa shape index (κ3) is 4.10. The highest BCUT2D eigenvalue weighted by molar-refractivity contribution is 5.96. The number of carboxylic acids is 1. The maximum atomic E-state index is 15.6. The van der Waals surface area contributed by atoms with Crippen LogP contribution in [-0.4, -0.2) is 28.2 Å². The Bertz CT molecular complexity index is 1720. The first-order valence-corrected chi connectivity index (χ1v) is 12.2. The number of nitrogens with zero attached hydrogens (tertiary/aromatic N) is 1. The van der Waals surface area contributed by atoms with E-state index in [0.717, 1.165) is 6.07 Å². The summed E-state index contributed by atoms with van der Waals surface area (Å²) < 4.78 is 47.9. The second-order valence-electron chi connectivity index (χ2n) is 9.72. The van der Waals surface area contributed by atoms with Crippen LogP contribution in [0.25, 0.3) is 10.9 Å². The molecule has 0 bridgehead atoms. The SMILES string of the molecule is C[C@H]1COc2c(C3(NC(=O)c4ccc(COc5ccccc5F)o4)CC3)c(F)cc3c(=O)c(C(=O)O)cn1c23. The van der Waals surface area contributed by atoms with Gasteiger partial charge in [0.25, 0.3) is 5.91 Å². The predicted molar refractivity (Wildman–Crippen MR) is 133 cm³/mol. The van der Waals surface area contributed by atoms with Gasteiger partial charge in [0.15, 0.2) is 23.1 Å². The van der Waals surface area contributed by atoms with Crippen LogP contribution in [0, 0.1) is 11.6 Å². The lowest BCUT2D eigenvalue weighted by atomic mass is 9.97. The molecule has 11 heteroatoms. The van der Waals surface area contributed by atoms with Gasteiger partial charge >= 0.3 is 5.97 Å². The summed E-state index contributed by atoms with van der Waals surface area (Å²) in [6, 6.07) is 9.57. The van der Waals surface area contributed by atoms with Gasteiger partial charge in [-0.15, -0.1) is 0 Å². The molecule has 1 aliphatic carbocycles. The fourth-order valence-corrected chi connectivity index (χ4v) is 4.95. The lowest BCUT2D eigenvalue weighted by molar-refractivity contribution is 0.0693. The number of carboxylic acid groups (broad SMARTS) is 1. The van der Waals surface area contributed by atoms with Crippen molar-refractivity contribution in [2.45, 2.75) is 38.0 Å². The smallest absolute Gasteiger partial charge is 0.341 e. The average Bonchev–Trinajstić information content (AvgIpc) is 3.50. The van der Waals surface area contributed by atoms with Crippen LogP contribution in [0.4, 0.5) is 8.78 Å². The van der Waals surface area contributed by atoms with Crippen LogP contribution in [0.3, 0.4) is 0 Å². The Morgan fingerprint density at radius 3 is 2.67 bits per heavy atom. The van der Waals surface area contributed by atoms with Crippen LogP contribution in [-0.2, 0) is 12.1 Å². The van der Waals surface area contributed by atoms with E-state index in [1.807, 2.05) is 0 Å². The summed E-state index contributed by atoms with van der Waals surface area (Å²) in [7, 11) is 0. The van der Waals surface area contributed by atoms with Crippen molar-refractivity contribution in [2.75, 3.05) is 6.61 Å². The highest BCUT2D eigenvalue weighted by Gasteiger charge is 2.51. The summed E-state index contributed by atoms with van der Waals surface area (Å²) in [6.45, 7) is 1.80. The van der Waals surface area contributed by atoms with Crippen molar-refractivity contribution in [1.82, 2.24) is 9.88 Å². The van der Waals surface area contributed by atoms with E-state index in [-0.39, 0.29) is 58.7 Å². The Balaban J connectivity index is 1.31. The van der Waals surface area contributed by atoms with Crippen molar-refractivity contribution in [3.8, 4) is 11.5 Å². The Kier molecular flexibility index (Phi) is 5.67. The van der Waals surface area contributed by atoms with Crippen LogP contribution in [0.15, 0.2) is 57.9 Å². The van der Waals surface area contributed by atoms with Gasteiger partial charge in [0.05, 0.1) is 28.0 Å². The van der Waals surface area contributed by atoms with Gasteiger partial charge in [0, 0.05) is 6.20 Å². The fourth-order valence-electron chi connectivity index (χ4n) is 4.95. The number of pyridine rings is 1. The van der Waals surface area contributed by atoms with Crippen molar-refractivity contribution in [3.05, 3.63) is 93.2 Å². The summed E-state index contributed by atoms with van der Waals surface area (Å²) in [5.41, 5.74) is -2.00. The van der Waals surface area contributed by atoms with E-state index >= 15 is 4.39 Å². The number of carbonyl (C=O) groups is 2. The second-order valence-corrected chi connectivity index (χ2v) is 9.72. The molecule has 0 radical (unpaired) electrons. The van der Waals surface area contributed by atoms with Gasteiger partial charge < -0.3 is 28.9 Å². The first kappa shape index (κ1) is 24.7. The molecule has 2 aromatic heterocycles. The quantitative estimate of drug-likeness (QED) is 0.356. The topological polar surface area (TPSA) is 120 Å². The van der Waals surface area contributed by atoms with E-state index in [9.17, 15) is 23.9 Å². The number of rotatable bonds is 7. The number of aromatic nitrogens is 1. The summed E-state index contributed by atoms with van der Waals surface area (Å²) in [6.07, 6.45) is 2.07. The van der Waals surface area contributed by atoms with E-state index in [4.69, 9.17) is 13.9 Å². The number of hydrogen-bond donors (Lipinski definition) is 2. The first-order valence-electron chi connectivity index (χ1n) is 12.2. The molecule has 39 heavy (non-hydrogen) atoms. The van der Waals surface area contributed by atoms with Gasteiger partial charge in [0.1, 0.15) is 30.4 Å². The van der Waals surface area contributed by atoms with Crippen LogP contribution in [0.2, 0.25) is 0 Å². The number of amides is 1. The maximum absolute atomic E-state index is 15.6. The van der Waals surface area contributed by atoms with Crippen molar-refractivity contribution >= 4 is 22.8 Å². The number of para-hydroxylation sites is 1. The number of aromatic carboxylic acids is 1. The van der Waals surface area contributed by atoms with E-state index in [1.54, 1.807) is 17.6 Å². The number of hydrogen-bond acceptors (Lipinski definition) is 6. The number of furan rings is 1. The van der Waals surface area contributed by atoms with Crippen molar-refractivity contribution in [3.63, 3.8) is 0 Å². The first-order chi connectivity index (χ1) is 18.7. The minimum absolute atomic E-state index is 0.0409. The number of nitrogens with one attached hydrogen (secondary N) is 1. The fraction of sp³-hybridized carbons (Fsp3) is 0.250. The molecule has 1 aliphatic heterocycles. The molecule has 4 aromatic rings. The van der Waals surface area contributed by atoms with E-state index in [2.05, 4.69) is 5.32 Å². The molecule has 200 valence electrons. The second kappa shape index (κ2) is 8.97. The summed E-state index contributed by atoms with van der Waals surface area (Å²) in [5, 5.41) is 12.2. The van der Waals surface area contributed by atoms with Crippen molar-refractivity contribution in [1.29, 1.82) is 0 Å². The highest BCUT2D eigenvalue weighted by Crippen LogP contribution is 2.52. The average molecular weight is 536 g/mol. The van der Waals surface area contributed by atoms with E-state index in [0.29, 0.717) is 12.8 Å². The molecule has 0 saturated heterocycles. The number of ether oxygens (including phenoxy) is 2. The standard InChI is InChI=1S/C28H22F2N2O7/c1-14-12-38-25-22(19(30)10-16-23(25)32(14)11-17(24(16)33)27(35)36)28(8-9-28)31-26(34)21-7-6-15(39-21)13-37-20-5-3-2-4-18(20)29/h2-7,10-11,14H,8-9,12-13H2,1H3,(H,31,34)(H,35,36)/t14-/m0/s1. The third-order valence-corrected chi connectivity index (χ3v) is 7.07. The Hall–Kier alpha value is -4.67. The molecule has 2 N–H and O–H groups in total. The molecule has 2 aliphatic rings. The predicted octanol–water partition coefficient (Wildman–Crippen LogP) is 4.52. The molecule has 1 saturated carbocycles. The van der Waals surface area contributed by atoms with Crippen molar-refractivity contribution in [2.24, 2.45) is 0 Å². The lowest BCUT2D eigenvalue weighted by Crippen LogP contribution is -2.37. The van der Waals surface area contributed by atoms with Gasteiger partial charge in [-0.05, 0) is 50.1 Å². The van der Waals surface area contributed by atoms with Crippen LogP contribution in [0.5, 0.6) is 11.5 Å². The minimum atomic E-state index is -1.40. The maximum Gasteiger partial charge on any atom is 0.341 e. The highest BCUT2D eigenvalue weighted by atomic mass is 19.1. The molecule has 1 amide bonds. The number of halogens is 2. The zero-order chi connectivity index (χ0) is 27.5. The van der Waals surface area contributed by atoms with E-state index < -0.39 is 40.0 Å². The molecular formula is C28H22F2N2O7. The van der Waals surface area contributed by atoms with E-state index in [1.165, 1.54) is 36.5 Å². The number of benzene rings is 2. The molecule has 1 atom stereocenters. The zero-order valence-electron chi connectivity index (χ0n) is 20.6. The Labute approximate surface area is 219 Å². The minimum Gasteiger partial charge on any atom is -0.489 e. The Morgan fingerprint density at radius 2 is 1.95 bits per heavy atom. The van der Waals surface area contributed by atoms with Gasteiger partial charge in [-0.2, -0.15) is 0 Å². The molecule has 6 rings (SSSR count). The largest absolute Gasteiger partial charge is 0.489 e. The molecule has 9 nitrogen and oxygen atoms in total. The normalized spacial score (nSPS) is 16.9. The van der Waals surface area contributed by atoms with Crippen LogP contribution in [0.1, 0.15) is 58.0 Å². The molecule has 3 heterocycles. The molecule has 0 spiro atoms.